The van der Waals surface area contributed by atoms with Crippen molar-refractivity contribution in [2.45, 2.75) is 19.5 Å². The van der Waals surface area contributed by atoms with Crippen LogP contribution in [0.25, 0.3) is 0 Å². The average molecular weight is 282 g/mol. The number of urea groups is 1. The predicted molar refractivity (Wildman–Crippen MR) is 69.1 cm³/mol. The molecule has 110 valence electrons. The molecule has 1 aliphatic heterocycles. The van der Waals surface area contributed by atoms with Crippen molar-refractivity contribution in [2.75, 3.05) is 20.3 Å². The fourth-order valence-corrected chi connectivity index (χ4v) is 2.16. The number of rotatable bonds is 4. The van der Waals surface area contributed by atoms with E-state index < -0.39 is 17.9 Å². The maximum Gasteiger partial charge on any atom is 0.317 e. The number of aromatic amines is 1. The van der Waals surface area contributed by atoms with Crippen LogP contribution in [0.15, 0.2) is 6.20 Å². The Labute approximate surface area is 116 Å². The Morgan fingerprint density at radius 2 is 2.35 bits per heavy atom. The summed E-state index contributed by atoms with van der Waals surface area (Å²) in [7, 11) is 1.58. The first kappa shape index (κ1) is 14.3. The van der Waals surface area contributed by atoms with Crippen LogP contribution in [-0.2, 0) is 16.1 Å². The summed E-state index contributed by atoms with van der Waals surface area (Å²) in [5.74, 6) is -1.63. The number of nitrogens with one attached hydrogen (secondary N) is 2. The van der Waals surface area contributed by atoms with E-state index in [0.29, 0.717) is 6.54 Å². The van der Waals surface area contributed by atoms with Crippen LogP contribution in [0.4, 0.5) is 4.79 Å². The van der Waals surface area contributed by atoms with E-state index in [1.165, 1.54) is 4.90 Å². The minimum atomic E-state index is -0.946. The van der Waals surface area contributed by atoms with Gasteiger partial charge in [-0.3, -0.25) is 9.89 Å². The highest BCUT2D eigenvalue weighted by molar-refractivity contribution is 5.77. The van der Waals surface area contributed by atoms with Gasteiger partial charge in [0, 0.05) is 24.8 Å². The summed E-state index contributed by atoms with van der Waals surface area (Å²) in [4.78, 5) is 24.5. The molecule has 0 saturated carbocycles. The third kappa shape index (κ3) is 2.90. The molecule has 2 unspecified atom stereocenters. The van der Waals surface area contributed by atoms with Gasteiger partial charge in [0.1, 0.15) is 5.92 Å². The zero-order chi connectivity index (χ0) is 14.7. The van der Waals surface area contributed by atoms with Crippen molar-refractivity contribution in [3.8, 4) is 0 Å². The summed E-state index contributed by atoms with van der Waals surface area (Å²) in [5.41, 5.74) is 1.78. The van der Waals surface area contributed by atoms with E-state index in [4.69, 9.17) is 9.84 Å². The Balaban J connectivity index is 1.92. The topological polar surface area (TPSA) is 108 Å². The number of carboxylic acid groups (broad SMARTS) is 1. The Kier molecular flexibility index (Phi) is 4.23. The van der Waals surface area contributed by atoms with Crippen molar-refractivity contribution in [1.82, 2.24) is 20.4 Å². The van der Waals surface area contributed by atoms with Gasteiger partial charge in [0.25, 0.3) is 0 Å². The van der Waals surface area contributed by atoms with Crippen LogP contribution in [0.5, 0.6) is 0 Å². The van der Waals surface area contributed by atoms with E-state index in [-0.39, 0.29) is 19.2 Å². The quantitative estimate of drug-likeness (QED) is 0.718. The minimum Gasteiger partial charge on any atom is -0.481 e. The number of carboxylic acids is 1. The largest absolute Gasteiger partial charge is 0.481 e. The van der Waals surface area contributed by atoms with Crippen molar-refractivity contribution in [3.05, 3.63) is 17.5 Å². The van der Waals surface area contributed by atoms with Gasteiger partial charge < -0.3 is 20.1 Å². The predicted octanol–water partition coefficient (Wildman–Crippen LogP) is -0.0409. The Morgan fingerprint density at radius 3 is 2.95 bits per heavy atom. The molecular formula is C12H18N4O4. The number of aromatic nitrogens is 2. The van der Waals surface area contributed by atoms with Crippen LogP contribution < -0.4 is 5.32 Å². The number of aliphatic carboxylic acids is 1. The van der Waals surface area contributed by atoms with Crippen LogP contribution in [0.1, 0.15) is 11.3 Å². The van der Waals surface area contributed by atoms with Crippen molar-refractivity contribution < 1.29 is 19.4 Å². The van der Waals surface area contributed by atoms with Crippen molar-refractivity contribution in [3.63, 3.8) is 0 Å². The van der Waals surface area contributed by atoms with Crippen LogP contribution in [0.2, 0.25) is 0 Å². The van der Waals surface area contributed by atoms with Crippen molar-refractivity contribution in [1.29, 1.82) is 0 Å². The van der Waals surface area contributed by atoms with E-state index in [1.54, 1.807) is 13.2 Å². The molecule has 0 aliphatic carbocycles. The van der Waals surface area contributed by atoms with Crippen LogP contribution in [0.3, 0.4) is 0 Å². The standard InChI is InChI=1S/C12H18N4O4/c1-7-8(4-14-15-7)3-13-12(19)16(2)10-6-20-5-9(10)11(17)18/h4,9-10H,3,5-6H2,1-2H3,(H,13,19)(H,14,15)(H,17,18). The van der Waals surface area contributed by atoms with Gasteiger partial charge >= 0.3 is 12.0 Å². The van der Waals surface area contributed by atoms with Gasteiger partial charge in [-0.2, -0.15) is 5.10 Å². The van der Waals surface area contributed by atoms with Gasteiger partial charge in [0.2, 0.25) is 0 Å². The zero-order valence-electron chi connectivity index (χ0n) is 11.4. The maximum atomic E-state index is 12.0. The smallest absolute Gasteiger partial charge is 0.317 e. The first-order chi connectivity index (χ1) is 9.50. The van der Waals surface area contributed by atoms with E-state index in [9.17, 15) is 9.59 Å². The summed E-state index contributed by atoms with van der Waals surface area (Å²) < 4.78 is 5.15. The number of H-pyrrole nitrogens is 1. The molecule has 1 aromatic rings. The molecule has 0 aromatic carbocycles. The highest BCUT2D eigenvalue weighted by Gasteiger charge is 2.38. The van der Waals surface area contributed by atoms with E-state index in [0.717, 1.165) is 11.3 Å². The number of amides is 2. The SMILES string of the molecule is Cc1[nH]ncc1CNC(=O)N(C)C1COCC1C(=O)O. The Bertz CT molecular complexity index is 501. The molecule has 8 nitrogen and oxygen atoms in total. The summed E-state index contributed by atoms with van der Waals surface area (Å²) in [6.45, 7) is 2.59. The molecule has 3 N–H and O–H groups in total. The molecule has 2 atom stereocenters. The molecule has 2 heterocycles. The lowest BCUT2D eigenvalue weighted by Crippen LogP contribution is -2.48. The number of carbonyl (C=O) groups is 2. The Morgan fingerprint density at radius 1 is 1.60 bits per heavy atom. The minimum absolute atomic E-state index is 0.137. The lowest BCUT2D eigenvalue weighted by molar-refractivity contribution is -0.142. The highest BCUT2D eigenvalue weighted by Crippen LogP contribution is 2.19. The molecule has 1 aliphatic rings. The van der Waals surface area contributed by atoms with Gasteiger partial charge in [-0.05, 0) is 6.92 Å². The average Bonchev–Trinajstić information content (AvgIpc) is 3.03. The molecule has 8 heteroatoms. The second kappa shape index (κ2) is 5.91. The number of hydrogen-bond donors (Lipinski definition) is 3. The lowest BCUT2D eigenvalue weighted by Gasteiger charge is -2.26. The van der Waals surface area contributed by atoms with E-state index >= 15 is 0 Å². The molecule has 1 saturated heterocycles. The number of carbonyl (C=O) groups excluding carboxylic acids is 1. The van der Waals surface area contributed by atoms with Gasteiger partial charge in [-0.1, -0.05) is 0 Å². The monoisotopic (exact) mass is 282 g/mol. The lowest BCUT2D eigenvalue weighted by atomic mass is 10.0. The summed E-state index contributed by atoms with van der Waals surface area (Å²) in [5, 5.41) is 18.5. The zero-order valence-corrected chi connectivity index (χ0v) is 11.4. The molecule has 0 bridgehead atoms. The van der Waals surface area contributed by atoms with Gasteiger partial charge in [0.05, 0.1) is 25.5 Å². The molecule has 0 spiro atoms. The summed E-state index contributed by atoms with van der Waals surface area (Å²) >= 11 is 0. The molecule has 2 rings (SSSR count). The highest BCUT2D eigenvalue weighted by atomic mass is 16.5. The molecule has 20 heavy (non-hydrogen) atoms. The second-order valence-electron chi connectivity index (χ2n) is 4.84. The molecular weight excluding hydrogens is 264 g/mol. The first-order valence-electron chi connectivity index (χ1n) is 6.30. The third-order valence-corrected chi connectivity index (χ3v) is 3.55. The number of nitrogens with zero attached hydrogens (tertiary/aromatic N) is 2. The molecule has 2 amide bonds. The number of aryl methyl sites for hydroxylation is 1. The van der Waals surface area contributed by atoms with Crippen LogP contribution in [0, 0.1) is 12.8 Å². The fourth-order valence-electron chi connectivity index (χ4n) is 2.16. The summed E-state index contributed by atoms with van der Waals surface area (Å²) in [6, 6.07) is -0.773. The fraction of sp³-hybridized carbons (Fsp3) is 0.583. The summed E-state index contributed by atoms with van der Waals surface area (Å²) in [6.07, 6.45) is 1.65. The Hall–Kier alpha value is -2.09. The van der Waals surface area contributed by atoms with Crippen molar-refractivity contribution in [2.24, 2.45) is 5.92 Å². The first-order valence-corrected chi connectivity index (χ1v) is 6.30. The number of likely N-dealkylation sites (N-methyl/N-ethyl adjacent to an activating group) is 1. The second-order valence-corrected chi connectivity index (χ2v) is 4.84. The van der Waals surface area contributed by atoms with Gasteiger partial charge in [0.15, 0.2) is 0 Å². The number of ether oxygens (including phenoxy) is 1. The molecule has 1 fully saturated rings. The van der Waals surface area contributed by atoms with Gasteiger partial charge in [-0.25, -0.2) is 4.79 Å². The molecule has 0 radical (unpaired) electrons. The number of hydrogen-bond acceptors (Lipinski definition) is 4. The van der Waals surface area contributed by atoms with E-state index in [2.05, 4.69) is 15.5 Å². The van der Waals surface area contributed by atoms with Gasteiger partial charge in [-0.15, -0.1) is 0 Å². The molecule has 1 aromatic heterocycles. The van der Waals surface area contributed by atoms with Crippen LogP contribution in [-0.4, -0.2) is 58.5 Å². The van der Waals surface area contributed by atoms with E-state index in [1.807, 2.05) is 6.92 Å². The third-order valence-electron chi connectivity index (χ3n) is 3.55. The maximum absolute atomic E-state index is 12.0. The van der Waals surface area contributed by atoms with Crippen LogP contribution >= 0.6 is 0 Å². The van der Waals surface area contributed by atoms with Crippen molar-refractivity contribution >= 4 is 12.0 Å². The normalized spacial score (nSPS) is 21.7.